The third kappa shape index (κ3) is 12.4. The first kappa shape index (κ1) is 37.6. The molecule has 5 unspecified atom stereocenters. The molecule has 0 saturated carbocycles. The summed E-state index contributed by atoms with van der Waals surface area (Å²) < 4.78 is 0. The molecule has 24 N–H and O–H groups in total. The summed E-state index contributed by atoms with van der Waals surface area (Å²) in [6.45, 7) is 0.507. The van der Waals surface area contributed by atoms with Crippen LogP contribution in [-0.2, 0) is 29.6 Å². The van der Waals surface area contributed by atoms with E-state index in [1.165, 1.54) is 6.92 Å². The van der Waals surface area contributed by atoms with Gasteiger partial charge in [0.05, 0.1) is 0 Å². The molecule has 0 spiro atoms. The molecular weight excluding hydrogens is 612 g/mol. The van der Waals surface area contributed by atoms with Gasteiger partial charge in [0.1, 0.15) is 12.3 Å². The Bertz CT molecular complexity index is 1340. The van der Waals surface area contributed by atoms with Crippen molar-refractivity contribution in [2.24, 2.45) is 28.7 Å². The minimum Gasteiger partial charge on any atom is -0.387 e. The Balaban J connectivity index is 3.36. The second-order valence-electron chi connectivity index (χ2n) is 9.23. The van der Waals surface area contributed by atoms with Crippen LogP contribution in [0.1, 0.15) is 12.5 Å². The molecule has 0 fully saturated rings. The molecule has 1 rings (SSSR count). The number of aliphatic hydroxyl groups excluding tert-OH is 1. The van der Waals surface area contributed by atoms with Crippen molar-refractivity contribution in [3.8, 4) is 0 Å². The number of guanidine groups is 4. The smallest absolute Gasteiger partial charge is 0.265 e. The van der Waals surface area contributed by atoms with E-state index in [1.54, 1.807) is 30.3 Å². The number of hydrogen-bond donors (Lipinski definition) is 19. The molecule has 1 aromatic carbocycles. The van der Waals surface area contributed by atoms with Crippen LogP contribution in [0.2, 0.25) is 0 Å². The summed E-state index contributed by atoms with van der Waals surface area (Å²) in [7, 11) is 0. The fourth-order valence-electron chi connectivity index (χ4n) is 3.55. The van der Waals surface area contributed by atoms with Gasteiger partial charge in [-0.2, -0.15) is 0 Å². The van der Waals surface area contributed by atoms with Gasteiger partial charge in [-0.25, -0.2) is 0 Å². The summed E-state index contributed by atoms with van der Waals surface area (Å²) in [6.07, 6.45) is -7.30. The van der Waals surface area contributed by atoms with Crippen LogP contribution in [0.25, 0.3) is 0 Å². The van der Waals surface area contributed by atoms with E-state index in [2.05, 4.69) is 42.5 Å². The highest BCUT2D eigenvalue weighted by molar-refractivity contribution is 5.98. The fourth-order valence-corrected chi connectivity index (χ4v) is 3.55. The maximum Gasteiger partial charge on any atom is 0.265 e. The average Bonchev–Trinajstić information content (AvgIpc) is 2.94. The summed E-state index contributed by atoms with van der Waals surface area (Å²) in [5.74, 6) is -8.83. The Morgan fingerprint density at radius 3 is 1.41 bits per heavy atom. The van der Waals surface area contributed by atoms with Crippen molar-refractivity contribution in [3.63, 3.8) is 0 Å². The molecule has 5 atom stereocenters. The molecule has 0 saturated heterocycles. The maximum atomic E-state index is 13.4. The van der Waals surface area contributed by atoms with Crippen LogP contribution >= 0.6 is 0 Å². The number of nitrogens with one attached hydrogen (secondary N) is 13. The van der Waals surface area contributed by atoms with Gasteiger partial charge >= 0.3 is 0 Å². The molecule has 0 aromatic heterocycles. The van der Waals surface area contributed by atoms with E-state index >= 15 is 0 Å². The molecule has 24 heteroatoms. The minimum absolute atomic E-state index is 0.383. The van der Waals surface area contributed by atoms with Gasteiger partial charge in [-0.3, -0.25) is 50.9 Å². The zero-order valence-electron chi connectivity index (χ0n) is 24.3. The van der Waals surface area contributed by atoms with E-state index in [1.807, 2.05) is 5.32 Å². The number of hydrogen-bond acceptors (Lipinski definition) is 11. The number of amides is 5. The monoisotopic (exact) mass is 650 g/mol. The van der Waals surface area contributed by atoms with Crippen LogP contribution < -0.4 is 76.5 Å². The van der Waals surface area contributed by atoms with Gasteiger partial charge < -0.3 is 76.3 Å². The average molecular weight is 651 g/mol. The molecule has 0 aliphatic rings. The van der Waals surface area contributed by atoms with Crippen molar-refractivity contribution in [2.75, 3.05) is 6.61 Å². The first-order chi connectivity index (χ1) is 21.4. The topological polar surface area (TPSA) is 439 Å². The van der Waals surface area contributed by atoms with Crippen LogP contribution in [-0.4, -0.2) is 89.8 Å². The predicted octanol–water partition coefficient (Wildman–Crippen LogP) is -8.37. The molecule has 46 heavy (non-hydrogen) atoms. The van der Waals surface area contributed by atoms with Crippen molar-refractivity contribution < 1.29 is 29.1 Å². The Morgan fingerprint density at radius 2 is 1.02 bits per heavy atom. The molecule has 1 aromatic rings. The van der Waals surface area contributed by atoms with Gasteiger partial charge in [0.15, 0.2) is 48.5 Å². The standard InChI is InChI=1S/C22H38N18O6/c1-22(39-9(42)7-41,8-5-3-2-4-6-8)40-14(38-21(30)31)17(46)34-13(37-20(28)29)16(45)33-12(36-19(26)27)15(44)32-11(10(23)43)35-18(24)25/h2-6,11-14,40-41H,7H2,1H3,(H2,23,43)(H,32,44)(H,33,45)(H,34,46)(H,39,42)(H4,24,25,35)(H4,26,27,36)(H4,28,29,37)(H4,30,31,38). The summed E-state index contributed by atoms with van der Waals surface area (Å²) in [5, 5.41) is 59.3. The quantitative estimate of drug-likeness (QED) is 0.0448. The van der Waals surface area contributed by atoms with Crippen LogP contribution in [0.15, 0.2) is 30.3 Å². The SMILES string of the molecule is CC(NC(=O)CO)(NC(NC(=N)N)C(=O)NC(NC(=N)N)C(=O)NC(NC(=N)N)C(=O)NC(NC(=N)N)C(N)=O)c1ccccc1. The van der Waals surface area contributed by atoms with Crippen LogP contribution in [0.3, 0.4) is 0 Å². The Labute approximate surface area is 260 Å². The molecular formula is C22H38N18O6. The first-order valence-electron chi connectivity index (χ1n) is 12.8. The number of carbonyl (C=O) groups excluding carboxylic acids is 5. The molecule has 0 bridgehead atoms. The van der Waals surface area contributed by atoms with Gasteiger partial charge in [-0.05, 0) is 12.5 Å². The van der Waals surface area contributed by atoms with Gasteiger partial charge in [0.25, 0.3) is 23.6 Å². The van der Waals surface area contributed by atoms with E-state index < -0.39 is 90.3 Å². The van der Waals surface area contributed by atoms with Crippen molar-refractivity contribution >= 4 is 53.4 Å². The van der Waals surface area contributed by atoms with E-state index in [-0.39, 0.29) is 0 Å². The summed E-state index contributed by atoms with van der Waals surface area (Å²) in [5.41, 5.74) is 25.2. The summed E-state index contributed by atoms with van der Waals surface area (Å²) in [4.78, 5) is 63.3. The number of rotatable bonds is 16. The van der Waals surface area contributed by atoms with Gasteiger partial charge in [-0.15, -0.1) is 0 Å². The molecule has 252 valence electrons. The van der Waals surface area contributed by atoms with Gasteiger partial charge in [-0.1, -0.05) is 30.3 Å². The lowest BCUT2D eigenvalue weighted by Crippen LogP contribution is -2.70. The number of carbonyl (C=O) groups is 5. The van der Waals surface area contributed by atoms with Crippen molar-refractivity contribution in [2.45, 2.75) is 37.2 Å². The van der Waals surface area contributed by atoms with Gasteiger partial charge in [0, 0.05) is 0 Å². The number of benzene rings is 1. The number of aliphatic hydroxyl groups is 1. The van der Waals surface area contributed by atoms with Crippen molar-refractivity contribution in [1.29, 1.82) is 21.6 Å². The second-order valence-corrected chi connectivity index (χ2v) is 9.23. The predicted molar refractivity (Wildman–Crippen MR) is 161 cm³/mol. The van der Waals surface area contributed by atoms with E-state index in [0.29, 0.717) is 5.56 Å². The number of primary amides is 1. The highest BCUT2D eigenvalue weighted by atomic mass is 16.3. The highest BCUT2D eigenvalue weighted by Crippen LogP contribution is 2.18. The lowest BCUT2D eigenvalue weighted by atomic mass is 10.0. The highest BCUT2D eigenvalue weighted by Gasteiger charge is 2.36. The summed E-state index contributed by atoms with van der Waals surface area (Å²) in [6, 6.07) is 8.06. The molecule has 5 amide bonds. The Morgan fingerprint density at radius 1 is 0.652 bits per heavy atom. The molecule has 0 aliphatic carbocycles. The zero-order valence-corrected chi connectivity index (χ0v) is 24.3. The van der Waals surface area contributed by atoms with Crippen molar-refractivity contribution in [3.05, 3.63) is 35.9 Å². The Hall–Kier alpha value is -6.43. The maximum absolute atomic E-state index is 13.4. The van der Waals surface area contributed by atoms with Crippen LogP contribution in [0.5, 0.6) is 0 Å². The molecule has 24 nitrogen and oxygen atoms in total. The first-order valence-corrected chi connectivity index (χ1v) is 12.8. The molecule has 0 radical (unpaired) electrons. The largest absolute Gasteiger partial charge is 0.387 e. The fraction of sp³-hybridized carbons (Fsp3) is 0.318. The van der Waals surface area contributed by atoms with Crippen LogP contribution in [0, 0.1) is 21.6 Å². The van der Waals surface area contributed by atoms with Crippen molar-refractivity contribution in [1.82, 2.24) is 47.9 Å². The number of nitrogens with two attached hydrogens (primary N) is 5. The lowest BCUT2D eigenvalue weighted by molar-refractivity contribution is -0.134. The lowest BCUT2D eigenvalue weighted by Gasteiger charge is -2.36. The normalized spacial score (nSPS) is 14.2. The molecule has 0 heterocycles. The third-order valence-corrected chi connectivity index (χ3v) is 5.45. The summed E-state index contributed by atoms with van der Waals surface area (Å²) >= 11 is 0. The van der Waals surface area contributed by atoms with E-state index in [4.69, 9.17) is 50.3 Å². The van der Waals surface area contributed by atoms with Crippen LogP contribution in [0.4, 0.5) is 0 Å². The zero-order chi connectivity index (χ0) is 35.2. The second kappa shape index (κ2) is 17.0. The van der Waals surface area contributed by atoms with E-state index in [0.717, 1.165) is 0 Å². The molecule has 0 aliphatic heterocycles. The van der Waals surface area contributed by atoms with E-state index in [9.17, 15) is 29.1 Å². The van der Waals surface area contributed by atoms with Gasteiger partial charge in [0.2, 0.25) is 5.91 Å². The minimum atomic E-state index is -1.94. The third-order valence-electron chi connectivity index (χ3n) is 5.45. The Kier molecular flexibility index (Phi) is 13.9.